The highest BCUT2D eigenvalue weighted by molar-refractivity contribution is 5.92. The fourth-order valence-electron chi connectivity index (χ4n) is 2.24. The van der Waals surface area contributed by atoms with E-state index in [4.69, 9.17) is 10.5 Å². The molecule has 116 valence electrons. The predicted molar refractivity (Wildman–Crippen MR) is 90.3 cm³/mol. The zero-order chi connectivity index (χ0) is 16.1. The van der Waals surface area contributed by atoms with Gasteiger partial charge in [0.2, 0.25) is 5.91 Å². The molecule has 0 atom stereocenters. The zero-order valence-electron chi connectivity index (χ0n) is 13.3. The first-order valence-electron chi connectivity index (χ1n) is 7.29. The molecule has 4 nitrogen and oxygen atoms in total. The van der Waals surface area contributed by atoms with Crippen molar-refractivity contribution in [3.8, 4) is 5.75 Å². The molecule has 1 amide bonds. The third-order valence-electron chi connectivity index (χ3n) is 3.61. The molecule has 0 unspecified atom stereocenters. The Hall–Kier alpha value is -2.49. The van der Waals surface area contributed by atoms with Crippen LogP contribution >= 0.6 is 0 Å². The summed E-state index contributed by atoms with van der Waals surface area (Å²) in [5, 5.41) is 2.90. The molecule has 0 radical (unpaired) electrons. The third kappa shape index (κ3) is 4.01. The first-order valence-corrected chi connectivity index (χ1v) is 7.29. The van der Waals surface area contributed by atoms with Gasteiger partial charge in [-0.05, 0) is 55.2 Å². The summed E-state index contributed by atoms with van der Waals surface area (Å²) in [6.07, 6.45) is 1.06. The smallest absolute Gasteiger partial charge is 0.224 e. The van der Waals surface area contributed by atoms with E-state index in [2.05, 4.69) is 5.32 Å². The molecule has 22 heavy (non-hydrogen) atoms. The van der Waals surface area contributed by atoms with E-state index in [-0.39, 0.29) is 5.91 Å². The van der Waals surface area contributed by atoms with Crippen molar-refractivity contribution in [2.24, 2.45) is 0 Å². The summed E-state index contributed by atoms with van der Waals surface area (Å²) in [5.74, 6) is 0.626. The Labute approximate surface area is 131 Å². The summed E-state index contributed by atoms with van der Waals surface area (Å²) in [4.78, 5) is 12.1. The van der Waals surface area contributed by atoms with Crippen molar-refractivity contribution in [2.45, 2.75) is 26.7 Å². The van der Waals surface area contributed by atoms with Crippen LogP contribution in [0.15, 0.2) is 36.4 Å². The van der Waals surface area contributed by atoms with Gasteiger partial charge in [0.05, 0.1) is 12.8 Å². The number of carbonyl (C=O) groups is 1. The number of benzene rings is 2. The number of hydrogen-bond acceptors (Lipinski definition) is 3. The average molecular weight is 298 g/mol. The molecule has 0 aromatic heterocycles. The SMILES string of the molecule is COc1ccc(C)cc1NC(=O)CCc1ccc(C)c(N)c1. The summed E-state index contributed by atoms with van der Waals surface area (Å²) in [6, 6.07) is 11.6. The highest BCUT2D eigenvalue weighted by atomic mass is 16.5. The van der Waals surface area contributed by atoms with E-state index in [1.165, 1.54) is 0 Å². The van der Waals surface area contributed by atoms with Crippen molar-refractivity contribution in [3.05, 3.63) is 53.1 Å². The number of ether oxygens (including phenoxy) is 1. The van der Waals surface area contributed by atoms with Crippen molar-refractivity contribution in [2.75, 3.05) is 18.2 Å². The lowest BCUT2D eigenvalue weighted by Gasteiger charge is -2.11. The Morgan fingerprint density at radius 1 is 1.18 bits per heavy atom. The number of hydrogen-bond donors (Lipinski definition) is 2. The molecule has 4 heteroatoms. The lowest BCUT2D eigenvalue weighted by atomic mass is 10.1. The second kappa shape index (κ2) is 6.98. The van der Waals surface area contributed by atoms with Crippen molar-refractivity contribution in [1.29, 1.82) is 0 Å². The molecule has 2 aromatic carbocycles. The second-order valence-electron chi connectivity index (χ2n) is 5.44. The number of amides is 1. The lowest BCUT2D eigenvalue weighted by Crippen LogP contribution is -2.13. The van der Waals surface area contributed by atoms with Gasteiger partial charge in [0, 0.05) is 12.1 Å². The molecular weight excluding hydrogens is 276 g/mol. The van der Waals surface area contributed by atoms with Gasteiger partial charge in [-0.2, -0.15) is 0 Å². The normalized spacial score (nSPS) is 10.3. The second-order valence-corrected chi connectivity index (χ2v) is 5.44. The van der Waals surface area contributed by atoms with Gasteiger partial charge in [0.1, 0.15) is 5.75 Å². The fourth-order valence-corrected chi connectivity index (χ4v) is 2.24. The van der Waals surface area contributed by atoms with Crippen LogP contribution in [0.25, 0.3) is 0 Å². The Kier molecular flexibility index (Phi) is 5.04. The standard InChI is InChI=1S/C18H22N2O2/c1-12-4-8-17(22-3)16(10-12)20-18(21)9-7-14-6-5-13(2)15(19)11-14/h4-6,8,10-11H,7,9,19H2,1-3H3,(H,20,21). The van der Waals surface area contributed by atoms with Crippen molar-refractivity contribution < 1.29 is 9.53 Å². The topological polar surface area (TPSA) is 64.3 Å². The summed E-state index contributed by atoms with van der Waals surface area (Å²) in [6.45, 7) is 3.94. The number of aryl methyl sites for hydroxylation is 3. The maximum absolute atomic E-state index is 12.1. The van der Waals surface area contributed by atoms with Crippen molar-refractivity contribution in [1.82, 2.24) is 0 Å². The van der Waals surface area contributed by atoms with E-state index < -0.39 is 0 Å². The van der Waals surface area contributed by atoms with Crippen molar-refractivity contribution in [3.63, 3.8) is 0 Å². The molecule has 0 aliphatic carbocycles. The predicted octanol–water partition coefficient (Wildman–Crippen LogP) is 3.47. The van der Waals surface area contributed by atoms with E-state index in [1.54, 1.807) is 7.11 Å². The minimum Gasteiger partial charge on any atom is -0.495 e. The summed E-state index contributed by atoms with van der Waals surface area (Å²) < 4.78 is 5.26. The van der Waals surface area contributed by atoms with E-state index >= 15 is 0 Å². The number of nitrogen functional groups attached to an aromatic ring is 1. The molecule has 0 saturated heterocycles. The quantitative estimate of drug-likeness (QED) is 0.831. The number of nitrogens with one attached hydrogen (secondary N) is 1. The van der Waals surface area contributed by atoms with Crippen LogP contribution in [0.1, 0.15) is 23.1 Å². The third-order valence-corrected chi connectivity index (χ3v) is 3.61. The maximum atomic E-state index is 12.1. The monoisotopic (exact) mass is 298 g/mol. The van der Waals surface area contributed by atoms with Gasteiger partial charge in [-0.25, -0.2) is 0 Å². The van der Waals surface area contributed by atoms with Gasteiger partial charge in [0.15, 0.2) is 0 Å². The number of nitrogens with two attached hydrogens (primary N) is 1. The molecule has 2 aromatic rings. The Bertz CT molecular complexity index is 681. The molecule has 0 saturated carbocycles. The van der Waals surface area contributed by atoms with Crippen LogP contribution in [0.5, 0.6) is 5.75 Å². The Morgan fingerprint density at radius 3 is 2.64 bits per heavy atom. The van der Waals surface area contributed by atoms with Crippen LogP contribution in [0.4, 0.5) is 11.4 Å². The van der Waals surface area contributed by atoms with E-state index in [1.807, 2.05) is 50.2 Å². The zero-order valence-corrected chi connectivity index (χ0v) is 13.3. The Morgan fingerprint density at radius 2 is 1.95 bits per heavy atom. The number of rotatable bonds is 5. The van der Waals surface area contributed by atoms with Gasteiger partial charge in [-0.15, -0.1) is 0 Å². The number of carbonyl (C=O) groups excluding carboxylic acids is 1. The minimum absolute atomic E-state index is 0.0388. The number of anilines is 2. The van der Waals surface area contributed by atoms with Gasteiger partial charge in [0.25, 0.3) is 0 Å². The summed E-state index contributed by atoms with van der Waals surface area (Å²) >= 11 is 0. The molecule has 0 heterocycles. The maximum Gasteiger partial charge on any atom is 0.224 e. The average Bonchev–Trinajstić information content (AvgIpc) is 2.49. The van der Waals surface area contributed by atoms with Crippen LogP contribution < -0.4 is 15.8 Å². The number of methoxy groups -OCH3 is 1. The highest BCUT2D eigenvalue weighted by Crippen LogP contribution is 2.25. The highest BCUT2D eigenvalue weighted by Gasteiger charge is 2.08. The molecule has 0 bridgehead atoms. The molecule has 0 spiro atoms. The molecule has 0 aliphatic heterocycles. The molecule has 0 aliphatic rings. The molecular formula is C18H22N2O2. The van der Waals surface area contributed by atoms with Gasteiger partial charge < -0.3 is 15.8 Å². The van der Waals surface area contributed by atoms with Crippen LogP contribution in [0, 0.1) is 13.8 Å². The molecule has 3 N–H and O–H groups in total. The van der Waals surface area contributed by atoms with Gasteiger partial charge >= 0.3 is 0 Å². The van der Waals surface area contributed by atoms with Crippen LogP contribution in [0.3, 0.4) is 0 Å². The Balaban J connectivity index is 1.98. The lowest BCUT2D eigenvalue weighted by molar-refractivity contribution is -0.116. The minimum atomic E-state index is -0.0388. The molecule has 0 fully saturated rings. The summed E-state index contributed by atoms with van der Waals surface area (Å²) in [7, 11) is 1.59. The van der Waals surface area contributed by atoms with E-state index in [0.717, 1.165) is 22.4 Å². The first-order chi connectivity index (χ1) is 10.5. The van der Waals surface area contributed by atoms with Crippen molar-refractivity contribution >= 4 is 17.3 Å². The van der Waals surface area contributed by atoms with Gasteiger partial charge in [-0.1, -0.05) is 18.2 Å². The van der Waals surface area contributed by atoms with E-state index in [0.29, 0.717) is 24.3 Å². The van der Waals surface area contributed by atoms with E-state index in [9.17, 15) is 4.79 Å². The van der Waals surface area contributed by atoms with Gasteiger partial charge in [-0.3, -0.25) is 4.79 Å². The first kappa shape index (κ1) is 15.9. The molecule has 2 rings (SSSR count). The fraction of sp³-hybridized carbons (Fsp3) is 0.278. The van der Waals surface area contributed by atoms with Crippen LogP contribution in [-0.4, -0.2) is 13.0 Å². The van der Waals surface area contributed by atoms with Crippen LogP contribution in [-0.2, 0) is 11.2 Å². The van der Waals surface area contributed by atoms with Crippen LogP contribution in [0.2, 0.25) is 0 Å². The summed E-state index contributed by atoms with van der Waals surface area (Å²) in [5.41, 5.74) is 10.5. The largest absolute Gasteiger partial charge is 0.495 e.